The molecule has 1 aliphatic rings. The molecule has 2 aromatic carbocycles. The maximum absolute atomic E-state index is 12.9. The molecule has 15 nitrogen and oxygen atoms in total. The fourth-order valence-electron chi connectivity index (χ4n) is 3.78. The summed E-state index contributed by atoms with van der Waals surface area (Å²) >= 11 is 0. The van der Waals surface area contributed by atoms with E-state index >= 15 is 0 Å². The van der Waals surface area contributed by atoms with Crippen LogP contribution in [0.4, 0.5) is 0 Å². The Morgan fingerprint density at radius 2 is 1.71 bits per heavy atom. The maximum Gasteiger partial charge on any atom is 0.335 e. The van der Waals surface area contributed by atoms with E-state index in [4.69, 9.17) is 18.6 Å². The molecule has 3 aromatic rings. The van der Waals surface area contributed by atoms with Crippen LogP contribution in [0, 0.1) is 0 Å². The number of carboxylic acids is 1. The SMILES string of the molecule is COc1ccc(-c2cc(=O)c3c(O)cc(O)c(O[C@@H]4O[C@H](C(=O)O)[C@@H](O)[C@H](O)[C@H]4OS(=O)(=O)[O-])c3o2)cc1. The van der Waals surface area contributed by atoms with Crippen LogP contribution >= 0.6 is 0 Å². The van der Waals surface area contributed by atoms with Crippen molar-refractivity contribution in [2.24, 2.45) is 0 Å². The van der Waals surface area contributed by atoms with Gasteiger partial charge < -0.3 is 48.7 Å². The molecule has 0 aliphatic carbocycles. The zero-order valence-electron chi connectivity index (χ0n) is 19.1. The van der Waals surface area contributed by atoms with E-state index in [2.05, 4.69) is 4.18 Å². The Hall–Kier alpha value is -3.93. The van der Waals surface area contributed by atoms with Crippen LogP contribution in [-0.2, 0) is 24.1 Å². The first-order chi connectivity index (χ1) is 17.8. The van der Waals surface area contributed by atoms with Crippen LogP contribution < -0.4 is 14.9 Å². The Labute approximate surface area is 212 Å². The monoisotopic (exact) mass is 555 g/mol. The van der Waals surface area contributed by atoms with Crippen molar-refractivity contribution in [3.63, 3.8) is 0 Å². The van der Waals surface area contributed by atoms with Crippen molar-refractivity contribution in [3.8, 4) is 34.3 Å². The quantitative estimate of drug-likeness (QED) is 0.184. The summed E-state index contributed by atoms with van der Waals surface area (Å²) in [5.41, 5.74) is -1.06. The minimum atomic E-state index is -5.57. The molecule has 204 valence electrons. The van der Waals surface area contributed by atoms with Gasteiger partial charge in [-0.2, -0.15) is 0 Å². The zero-order chi connectivity index (χ0) is 27.9. The van der Waals surface area contributed by atoms with Gasteiger partial charge in [0.2, 0.25) is 22.4 Å². The summed E-state index contributed by atoms with van der Waals surface area (Å²) in [6.45, 7) is 0. The van der Waals surface area contributed by atoms with Gasteiger partial charge in [0.05, 0.1) is 7.11 Å². The number of aliphatic hydroxyl groups is 2. The number of carbonyl (C=O) groups is 1. The lowest BCUT2D eigenvalue weighted by molar-refractivity contribution is -0.265. The van der Waals surface area contributed by atoms with E-state index in [1.807, 2.05) is 0 Å². The van der Waals surface area contributed by atoms with E-state index in [1.165, 1.54) is 19.2 Å². The van der Waals surface area contributed by atoms with Crippen molar-refractivity contribution in [2.45, 2.75) is 30.7 Å². The lowest BCUT2D eigenvalue weighted by Crippen LogP contribution is -2.62. The molecule has 5 N–H and O–H groups in total. The highest BCUT2D eigenvalue weighted by Gasteiger charge is 2.51. The Morgan fingerprint density at radius 1 is 1.05 bits per heavy atom. The first-order valence-corrected chi connectivity index (χ1v) is 11.9. The Bertz CT molecular complexity index is 1530. The van der Waals surface area contributed by atoms with Crippen molar-refractivity contribution in [1.29, 1.82) is 0 Å². The van der Waals surface area contributed by atoms with Crippen LogP contribution in [0.15, 0.2) is 45.6 Å². The van der Waals surface area contributed by atoms with Gasteiger partial charge in [-0.25, -0.2) is 13.2 Å². The molecular weight excluding hydrogens is 536 g/mol. The van der Waals surface area contributed by atoms with Crippen molar-refractivity contribution in [3.05, 3.63) is 46.6 Å². The zero-order valence-corrected chi connectivity index (χ0v) is 19.9. The first-order valence-electron chi connectivity index (χ1n) is 10.5. The largest absolute Gasteiger partial charge is 0.726 e. The molecule has 1 saturated heterocycles. The van der Waals surface area contributed by atoms with Crippen molar-refractivity contribution in [1.82, 2.24) is 0 Å². The number of aliphatic carboxylic acids is 1. The summed E-state index contributed by atoms with van der Waals surface area (Å²) in [7, 11) is -4.13. The number of phenolic OH excluding ortho intramolecular Hbond substituents is 2. The van der Waals surface area contributed by atoms with Gasteiger partial charge in [0.1, 0.15) is 34.9 Å². The van der Waals surface area contributed by atoms with Gasteiger partial charge in [-0.3, -0.25) is 8.98 Å². The number of aromatic hydroxyl groups is 2. The molecule has 0 unspecified atom stereocenters. The van der Waals surface area contributed by atoms with Crippen LogP contribution in [-0.4, -0.2) is 82.3 Å². The van der Waals surface area contributed by atoms with E-state index < -0.39 is 80.7 Å². The second-order valence-corrected chi connectivity index (χ2v) is 8.99. The summed E-state index contributed by atoms with van der Waals surface area (Å²) in [6.07, 6.45) is -11.4. The number of phenols is 2. The smallest absolute Gasteiger partial charge is 0.335 e. The Morgan fingerprint density at radius 3 is 2.29 bits per heavy atom. The number of rotatable bonds is 7. The Balaban J connectivity index is 1.86. The second kappa shape index (κ2) is 10.1. The average molecular weight is 555 g/mol. The normalized spacial score (nSPS) is 23.7. The summed E-state index contributed by atoms with van der Waals surface area (Å²) in [4.78, 5) is 24.3. The maximum atomic E-state index is 12.9. The molecule has 38 heavy (non-hydrogen) atoms. The molecule has 5 atom stereocenters. The highest BCUT2D eigenvalue weighted by Crippen LogP contribution is 2.42. The van der Waals surface area contributed by atoms with E-state index in [1.54, 1.807) is 12.1 Å². The summed E-state index contributed by atoms with van der Waals surface area (Å²) in [5, 5.41) is 49.9. The molecule has 2 heterocycles. The molecule has 0 amide bonds. The van der Waals surface area contributed by atoms with Gasteiger partial charge in [-0.15, -0.1) is 0 Å². The fraction of sp³-hybridized carbons (Fsp3) is 0.273. The summed E-state index contributed by atoms with van der Waals surface area (Å²) in [5.74, 6) is -3.82. The van der Waals surface area contributed by atoms with Crippen molar-refractivity contribution in [2.75, 3.05) is 7.11 Å². The standard InChI is InChI=1S/C22H20O15S/c1-33-9-4-2-8(3-5-9)13-7-11(24)14-10(23)6-12(25)17(18(14)34-13)35-22-20(37-38(30,31)32)16(27)15(26)19(36-22)21(28)29/h2-7,15-16,19-20,22-23,25-27H,1H3,(H,28,29)(H,30,31,32)/p-1/t15-,16-,19-,20+,22+/m0/s1. The minimum Gasteiger partial charge on any atom is -0.726 e. The first kappa shape index (κ1) is 27.1. The van der Waals surface area contributed by atoms with E-state index in [-0.39, 0.29) is 5.76 Å². The van der Waals surface area contributed by atoms with E-state index in [9.17, 15) is 48.1 Å². The number of ether oxygens (including phenoxy) is 3. The summed E-state index contributed by atoms with van der Waals surface area (Å²) < 4.78 is 59.1. The van der Waals surface area contributed by atoms with Crippen LogP contribution in [0.1, 0.15) is 0 Å². The van der Waals surface area contributed by atoms with E-state index in [0.717, 1.165) is 6.07 Å². The van der Waals surface area contributed by atoms with Crippen molar-refractivity contribution < 1.29 is 66.1 Å². The topological polar surface area (TPSA) is 243 Å². The molecular formula is C22H19O15S-. The van der Waals surface area contributed by atoms with Crippen LogP contribution in [0.5, 0.6) is 23.0 Å². The highest BCUT2D eigenvalue weighted by atomic mass is 32.3. The summed E-state index contributed by atoms with van der Waals surface area (Å²) in [6, 6.07) is 7.85. The lowest BCUT2D eigenvalue weighted by Gasteiger charge is -2.40. The van der Waals surface area contributed by atoms with E-state index in [0.29, 0.717) is 17.4 Å². The van der Waals surface area contributed by atoms with Gasteiger partial charge >= 0.3 is 5.97 Å². The average Bonchev–Trinajstić information content (AvgIpc) is 2.84. The molecule has 0 spiro atoms. The number of aliphatic hydroxyl groups excluding tert-OH is 2. The van der Waals surface area contributed by atoms with Gasteiger partial charge in [0, 0.05) is 17.7 Å². The molecule has 16 heteroatoms. The molecule has 0 radical (unpaired) electrons. The highest BCUT2D eigenvalue weighted by molar-refractivity contribution is 7.80. The third kappa shape index (κ3) is 5.21. The molecule has 0 saturated carbocycles. The molecule has 0 bridgehead atoms. The fourth-order valence-corrected chi connectivity index (χ4v) is 4.26. The number of hydrogen-bond acceptors (Lipinski definition) is 14. The van der Waals surface area contributed by atoms with Crippen LogP contribution in [0.3, 0.4) is 0 Å². The van der Waals surface area contributed by atoms with Gasteiger partial charge in [0.15, 0.2) is 29.0 Å². The third-order valence-corrected chi connectivity index (χ3v) is 6.00. The van der Waals surface area contributed by atoms with Gasteiger partial charge in [0.25, 0.3) is 0 Å². The van der Waals surface area contributed by atoms with Gasteiger partial charge in [-0.1, -0.05) is 0 Å². The van der Waals surface area contributed by atoms with Crippen molar-refractivity contribution >= 4 is 27.3 Å². The third-order valence-electron chi connectivity index (χ3n) is 5.54. The molecule has 1 fully saturated rings. The molecule has 1 aliphatic heterocycles. The second-order valence-electron chi connectivity index (χ2n) is 7.98. The minimum absolute atomic E-state index is 0.0848. The number of benzene rings is 2. The number of carboxylic acid groups (broad SMARTS) is 1. The lowest BCUT2D eigenvalue weighted by atomic mass is 9.99. The Kier molecular flexibility index (Phi) is 7.20. The molecule has 1 aromatic heterocycles. The van der Waals surface area contributed by atoms with Crippen LogP contribution in [0.2, 0.25) is 0 Å². The predicted octanol–water partition coefficient (Wildman–Crippen LogP) is -0.365. The number of hydrogen-bond donors (Lipinski definition) is 5. The number of fused-ring (bicyclic) bond motifs is 1. The predicted molar refractivity (Wildman–Crippen MR) is 121 cm³/mol. The van der Waals surface area contributed by atoms with Crippen LogP contribution in [0.25, 0.3) is 22.3 Å². The number of methoxy groups -OCH3 is 1. The van der Waals surface area contributed by atoms with Gasteiger partial charge in [-0.05, 0) is 24.3 Å². The molecule has 4 rings (SSSR count).